The molecule has 1 unspecified atom stereocenters. The predicted octanol–water partition coefficient (Wildman–Crippen LogP) is 2.42. The highest BCUT2D eigenvalue weighted by Crippen LogP contribution is 2.07. The number of hydrogen-bond donors (Lipinski definition) is 2. The van der Waals surface area contributed by atoms with Gasteiger partial charge in [-0.3, -0.25) is 4.99 Å². The molecular formula is C20H35FIN5. The summed E-state index contributed by atoms with van der Waals surface area (Å²) >= 11 is 0. The van der Waals surface area contributed by atoms with E-state index in [1.165, 1.54) is 6.07 Å². The van der Waals surface area contributed by atoms with Gasteiger partial charge in [0.05, 0.1) is 0 Å². The van der Waals surface area contributed by atoms with Crippen molar-refractivity contribution in [2.75, 3.05) is 59.4 Å². The van der Waals surface area contributed by atoms with Crippen LogP contribution in [0.5, 0.6) is 0 Å². The molecule has 1 atom stereocenters. The second kappa shape index (κ2) is 13.3. The van der Waals surface area contributed by atoms with Gasteiger partial charge in [-0.2, -0.15) is 0 Å². The number of guanidine groups is 1. The van der Waals surface area contributed by atoms with Crippen molar-refractivity contribution in [2.24, 2.45) is 10.9 Å². The first-order chi connectivity index (χ1) is 12.6. The third-order valence-electron chi connectivity index (χ3n) is 4.72. The molecule has 1 aromatic carbocycles. The van der Waals surface area contributed by atoms with Crippen LogP contribution < -0.4 is 10.6 Å². The molecule has 7 heteroatoms. The number of halogens is 2. The number of likely N-dealkylation sites (N-methyl/N-ethyl adjacent to an activating group) is 1. The topological polar surface area (TPSA) is 42.9 Å². The molecule has 1 aliphatic heterocycles. The minimum absolute atomic E-state index is 0. The van der Waals surface area contributed by atoms with Crippen molar-refractivity contribution < 1.29 is 4.39 Å². The van der Waals surface area contributed by atoms with Crippen LogP contribution >= 0.6 is 24.0 Å². The van der Waals surface area contributed by atoms with Gasteiger partial charge in [-0.1, -0.05) is 25.1 Å². The fourth-order valence-electron chi connectivity index (χ4n) is 3.13. The average Bonchev–Trinajstić information content (AvgIpc) is 2.63. The monoisotopic (exact) mass is 491 g/mol. The van der Waals surface area contributed by atoms with Crippen LogP contribution in [0.15, 0.2) is 29.3 Å². The van der Waals surface area contributed by atoms with Crippen LogP contribution in [0.3, 0.4) is 0 Å². The van der Waals surface area contributed by atoms with Crippen LogP contribution in [0.25, 0.3) is 0 Å². The molecule has 1 aromatic rings. The van der Waals surface area contributed by atoms with Crippen LogP contribution in [0.2, 0.25) is 0 Å². The summed E-state index contributed by atoms with van der Waals surface area (Å²) < 4.78 is 13.7. The highest BCUT2D eigenvalue weighted by atomic mass is 127. The summed E-state index contributed by atoms with van der Waals surface area (Å²) in [5, 5.41) is 6.59. The summed E-state index contributed by atoms with van der Waals surface area (Å²) in [5.74, 6) is 1.19. The van der Waals surface area contributed by atoms with Crippen LogP contribution in [-0.2, 0) is 6.42 Å². The summed E-state index contributed by atoms with van der Waals surface area (Å²) in [7, 11) is 2.18. The summed E-state index contributed by atoms with van der Waals surface area (Å²) in [5.41, 5.74) is 0.735. The zero-order valence-electron chi connectivity index (χ0n) is 16.9. The van der Waals surface area contributed by atoms with Gasteiger partial charge < -0.3 is 20.4 Å². The van der Waals surface area contributed by atoms with Crippen molar-refractivity contribution >= 4 is 29.9 Å². The van der Waals surface area contributed by atoms with Crippen molar-refractivity contribution in [3.8, 4) is 0 Å². The minimum atomic E-state index is -0.142. The largest absolute Gasteiger partial charge is 0.357 e. The number of piperazine rings is 1. The number of hydrogen-bond acceptors (Lipinski definition) is 3. The van der Waals surface area contributed by atoms with Gasteiger partial charge in [0.1, 0.15) is 5.82 Å². The average molecular weight is 491 g/mol. The first kappa shape index (κ1) is 24.1. The smallest absolute Gasteiger partial charge is 0.191 e. The van der Waals surface area contributed by atoms with Gasteiger partial charge in [0, 0.05) is 52.4 Å². The molecule has 5 nitrogen and oxygen atoms in total. The van der Waals surface area contributed by atoms with Gasteiger partial charge in [0.25, 0.3) is 0 Å². The second-order valence-corrected chi connectivity index (χ2v) is 7.20. The van der Waals surface area contributed by atoms with E-state index in [1.807, 2.05) is 12.1 Å². The third kappa shape index (κ3) is 9.21. The van der Waals surface area contributed by atoms with Gasteiger partial charge >= 0.3 is 0 Å². The lowest BCUT2D eigenvalue weighted by Crippen LogP contribution is -2.46. The van der Waals surface area contributed by atoms with E-state index < -0.39 is 0 Å². The summed E-state index contributed by atoms with van der Waals surface area (Å²) in [6, 6.07) is 6.94. The van der Waals surface area contributed by atoms with Gasteiger partial charge in [-0.25, -0.2) is 4.39 Å². The predicted molar refractivity (Wildman–Crippen MR) is 123 cm³/mol. The molecule has 0 radical (unpaired) electrons. The molecule has 2 rings (SSSR count). The van der Waals surface area contributed by atoms with Gasteiger partial charge in [0.15, 0.2) is 5.96 Å². The van der Waals surface area contributed by atoms with Crippen molar-refractivity contribution in [3.05, 3.63) is 35.6 Å². The first-order valence-corrected chi connectivity index (χ1v) is 9.75. The van der Waals surface area contributed by atoms with Crippen molar-refractivity contribution in [1.82, 2.24) is 20.4 Å². The Morgan fingerprint density at radius 1 is 1.19 bits per heavy atom. The third-order valence-corrected chi connectivity index (χ3v) is 4.72. The molecule has 0 aliphatic carbocycles. The van der Waals surface area contributed by atoms with E-state index in [2.05, 4.69) is 41.3 Å². The SMILES string of the molecule is CCNC(=NCC(C)CN1CCN(C)CC1)NCCc1ccccc1F.I. The lowest BCUT2D eigenvalue weighted by atomic mass is 10.1. The lowest BCUT2D eigenvalue weighted by Gasteiger charge is -2.33. The van der Waals surface area contributed by atoms with Crippen LogP contribution in [0.1, 0.15) is 19.4 Å². The van der Waals surface area contributed by atoms with E-state index >= 15 is 0 Å². The highest BCUT2D eigenvalue weighted by molar-refractivity contribution is 14.0. The maximum absolute atomic E-state index is 13.7. The number of nitrogens with one attached hydrogen (secondary N) is 2. The highest BCUT2D eigenvalue weighted by Gasteiger charge is 2.15. The molecule has 27 heavy (non-hydrogen) atoms. The van der Waals surface area contributed by atoms with E-state index in [-0.39, 0.29) is 29.8 Å². The number of nitrogens with zero attached hydrogens (tertiary/aromatic N) is 3. The summed E-state index contributed by atoms with van der Waals surface area (Å²) in [6.45, 7) is 12.3. The fourth-order valence-corrected chi connectivity index (χ4v) is 3.13. The molecule has 1 saturated heterocycles. The summed E-state index contributed by atoms with van der Waals surface area (Å²) in [4.78, 5) is 9.61. The van der Waals surface area contributed by atoms with Crippen LogP contribution in [0, 0.1) is 11.7 Å². The maximum atomic E-state index is 13.7. The molecule has 0 bridgehead atoms. The number of aliphatic imine (C=N–C) groups is 1. The van der Waals surface area contributed by atoms with E-state index in [1.54, 1.807) is 6.07 Å². The quantitative estimate of drug-likeness (QED) is 0.333. The molecule has 0 amide bonds. The maximum Gasteiger partial charge on any atom is 0.191 e. The van der Waals surface area contributed by atoms with E-state index in [0.29, 0.717) is 18.9 Å². The molecule has 1 fully saturated rings. The Balaban J connectivity index is 0.00000364. The van der Waals surface area contributed by atoms with Gasteiger partial charge in [-0.05, 0) is 37.9 Å². The Labute approximate surface area is 180 Å². The van der Waals surface area contributed by atoms with Crippen molar-refractivity contribution in [1.29, 1.82) is 0 Å². The molecule has 1 heterocycles. The van der Waals surface area contributed by atoms with Crippen LogP contribution in [0.4, 0.5) is 4.39 Å². The normalized spacial score (nSPS) is 17.3. The van der Waals surface area contributed by atoms with Gasteiger partial charge in [-0.15, -0.1) is 24.0 Å². The Kier molecular flexibility index (Phi) is 11.9. The Bertz CT molecular complexity index is 561. The Morgan fingerprint density at radius 2 is 1.89 bits per heavy atom. The Morgan fingerprint density at radius 3 is 2.56 bits per heavy atom. The van der Waals surface area contributed by atoms with Crippen molar-refractivity contribution in [2.45, 2.75) is 20.3 Å². The zero-order chi connectivity index (χ0) is 18.8. The fraction of sp³-hybridized carbons (Fsp3) is 0.650. The number of benzene rings is 1. The first-order valence-electron chi connectivity index (χ1n) is 9.75. The number of rotatable bonds is 8. The second-order valence-electron chi connectivity index (χ2n) is 7.20. The minimum Gasteiger partial charge on any atom is -0.357 e. The zero-order valence-corrected chi connectivity index (χ0v) is 19.2. The standard InChI is InChI=1S/C20H34FN5.HI/c1-4-22-20(23-10-9-18-7-5-6-8-19(18)21)24-15-17(2)16-26-13-11-25(3)12-14-26;/h5-8,17H,4,9-16H2,1-3H3,(H2,22,23,24);1H. The molecule has 0 spiro atoms. The molecule has 2 N–H and O–H groups in total. The molecular weight excluding hydrogens is 456 g/mol. The van der Waals surface area contributed by atoms with E-state index in [4.69, 9.17) is 4.99 Å². The summed E-state index contributed by atoms with van der Waals surface area (Å²) in [6.07, 6.45) is 0.647. The van der Waals surface area contributed by atoms with Crippen LogP contribution in [-0.4, -0.2) is 75.2 Å². The lowest BCUT2D eigenvalue weighted by molar-refractivity contribution is 0.140. The Hall–Kier alpha value is -0.930. The molecule has 0 saturated carbocycles. The van der Waals surface area contributed by atoms with E-state index in [0.717, 1.165) is 57.3 Å². The van der Waals surface area contributed by atoms with E-state index in [9.17, 15) is 4.39 Å². The molecule has 154 valence electrons. The molecule has 0 aromatic heterocycles. The van der Waals surface area contributed by atoms with Gasteiger partial charge in [0.2, 0.25) is 0 Å². The molecule has 1 aliphatic rings. The van der Waals surface area contributed by atoms with Crippen molar-refractivity contribution in [3.63, 3.8) is 0 Å².